The van der Waals surface area contributed by atoms with Crippen molar-refractivity contribution in [3.05, 3.63) is 34.7 Å². The van der Waals surface area contributed by atoms with Crippen molar-refractivity contribution in [2.75, 3.05) is 5.32 Å². The lowest BCUT2D eigenvalue weighted by Gasteiger charge is -2.13. The summed E-state index contributed by atoms with van der Waals surface area (Å²) >= 11 is 7.51. The first-order chi connectivity index (χ1) is 8.74. The average molecular weight is 280 g/mol. The molecule has 0 aliphatic rings. The Morgan fingerprint density at radius 2 is 2.33 bits per heavy atom. The molecule has 0 saturated carbocycles. The molecule has 1 unspecified atom stereocenters. The van der Waals surface area contributed by atoms with E-state index in [9.17, 15) is 0 Å². The van der Waals surface area contributed by atoms with Crippen LogP contribution in [0.5, 0.6) is 0 Å². The van der Waals surface area contributed by atoms with Gasteiger partial charge in [0.15, 0.2) is 0 Å². The summed E-state index contributed by atoms with van der Waals surface area (Å²) in [6.07, 6.45) is 3.64. The van der Waals surface area contributed by atoms with Gasteiger partial charge in [-0.2, -0.15) is 10.1 Å². The summed E-state index contributed by atoms with van der Waals surface area (Å²) in [4.78, 5) is 8.42. The number of fused-ring (bicyclic) bond motifs is 1. The first-order valence-electron chi connectivity index (χ1n) is 5.40. The smallest absolute Gasteiger partial charge is 0.224 e. The molecule has 0 amide bonds. The first-order valence-corrected chi connectivity index (χ1v) is 6.66. The standard InChI is InChI=1S/C11H10ClN5S/c1-6(7-4-13-14-5-7)15-10-9-8(2-3-18-9)16-11(12)17-10/h2-6H,1H3,(H,13,14)(H,15,16,17). The monoisotopic (exact) mass is 279 g/mol. The first kappa shape index (κ1) is 11.4. The van der Waals surface area contributed by atoms with Gasteiger partial charge in [0.2, 0.25) is 5.28 Å². The molecule has 5 nitrogen and oxygen atoms in total. The third kappa shape index (κ3) is 2.04. The summed E-state index contributed by atoms with van der Waals surface area (Å²) < 4.78 is 1.01. The van der Waals surface area contributed by atoms with Crippen LogP contribution in [0, 0.1) is 0 Å². The van der Waals surface area contributed by atoms with Crippen LogP contribution in [-0.2, 0) is 0 Å². The number of nitrogens with one attached hydrogen (secondary N) is 2. The molecule has 2 N–H and O–H groups in total. The summed E-state index contributed by atoms with van der Waals surface area (Å²) in [5.74, 6) is 0.758. The topological polar surface area (TPSA) is 66.5 Å². The van der Waals surface area contributed by atoms with Gasteiger partial charge in [-0.3, -0.25) is 5.10 Å². The Morgan fingerprint density at radius 3 is 3.11 bits per heavy atom. The maximum Gasteiger partial charge on any atom is 0.224 e. The molecule has 3 rings (SSSR count). The van der Waals surface area contributed by atoms with Crippen molar-refractivity contribution in [2.24, 2.45) is 0 Å². The molecule has 3 aromatic rings. The minimum Gasteiger partial charge on any atom is -0.362 e. The van der Waals surface area contributed by atoms with Gasteiger partial charge in [-0.15, -0.1) is 11.3 Å². The molecule has 7 heteroatoms. The molecule has 1 atom stereocenters. The molecular weight excluding hydrogens is 270 g/mol. The van der Waals surface area contributed by atoms with Crippen LogP contribution in [0.15, 0.2) is 23.8 Å². The van der Waals surface area contributed by atoms with Crippen LogP contribution in [0.4, 0.5) is 5.82 Å². The number of anilines is 1. The van der Waals surface area contributed by atoms with Gasteiger partial charge in [-0.25, -0.2) is 4.98 Å². The number of thiophene rings is 1. The molecule has 0 fully saturated rings. The molecule has 0 bridgehead atoms. The van der Waals surface area contributed by atoms with Gasteiger partial charge in [0, 0.05) is 11.8 Å². The lowest BCUT2D eigenvalue weighted by Crippen LogP contribution is -2.07. The van der Waals surface area contributed by atoms with Crippen molar-refractivity contribution in [2.45, 2.75) is 13.0 Å². The highest BCUT2D eigenvalue weighted by Crippen LogP contribution is 2.29. The average Bonchev–Trinajstić information content (AvgIpc) is 2.98. The predicted octanol–water partition coefficient (Wildman–Crippen LogP) is 3.24. The van der Waals surface area contributed by atoms with E-state index in [2.05, 4.69) is 25.5 Å². The number of aromatic nitrogens is 4. The number of hydrogen-bond acceptors (Lipinski definition) is 5. The molecule has 0 saturated heterocycles. The van der Waals surface area contributed by atoms with Crippen molar-refractivity contribution < 1.29 is 0 Å². The summed E-state index contributed by atoms with van der Waals surface area (Å²) in [5, 5.41) is 12.3. The zero-order chi connectivity index (χ0) is 12.5. The number of rotatable bonds is 3. The Morgan fingerprint density at radius 1 is 1.44 bits per heavy atom. The van der Waals surface area contributed by atoms with E-state index in [0.717, 1.165) is 21.6 Å². The van der Waals surface area contributed by atoms with Crippen molar-refractivity contribution in [3.63, 3.8) is 0 Å². The van der Waals surface area contributed by atoms with E-state index < -0.39 is 0 Å². The van der Waals surface area contributed by atoms with Crippen molar-refractivity contribution in [1.82, 2.24) is 20.2 Å². The van der Waals surface area contributed by atoms with E-state index in [1.165, 1.54) is 0 Å². The van der Waals surface area contributed by atoms with Crippen LogP contribution in [-0.4, -0.2) is 20.2 Å². The second-order valence-electron chi connectivity index (χ2n) is 3.87. The zero-order valence-electron chi connectivity index (χ0n) is 9.51. The van der Waals surface area contributed by atoms with Gasteiger partial charge < -0.3 is 5.32 Å². The van der Waals surface area contributed by atoms with E-state index in [0.29, 0.717) is 0 Å². The van der Waals surface area contributed by atoms with Crippen LogP contribution in [0.2, 0.25) is 5.28 Å². The largest absolute Gasteiger partial charge is 0.362 e. The molecule has 3 aromatic heterocycles. The predicted molar refractivity (Wildman–Crippen MR) is 73.1 cm³/mol. The summed E-state index contributed by atoms with van der Waals surface area (Å²) in [7, 11) is 0. The van der Waals surface area contributed by atoms with Gasteiger partial charge >= 0.3 is 0 Å². The number of halogens is 1. The quantitative estimate of drug-likeness (QED) is 0.722. The van der Waals surface area contributed by atoms with Gasteiger partial charge in [0.05, 0.1) is 22.5 Å². The van der Waals surface area contributed by atoms with Crippen molar-refractivity contribution in [1.29, 1.82) is 0 Å². The molecule has 92 valence electrons. The van der Waals surface area contributed by atoms with E-state index in [1.54, 1.807) is 17.5 Å². The Balaban J connectivity index is 1.97. The van der Waals surface area contributed by atoms with Crippen molar-refractivity contribution >= 4 is 39.0 Å². The maximum absolute atomic E-state index is 5.91. The fraction of sp³-hybridized carbons (Fsp3) is 0.182. The normalized spacial score (nSPS) is 12.8. The number of nitrogens with zero attached hydrogens (tertiary/aromatic N) is 3. The lowest BCUT2D eigenvalue weighted by atomic mass is 10.2. The highest BCUT2D eigenvalue weighted by Gasteiger charge is 2.12. The number of hydrogen-bond donors (Lipinski definition) is 2. The molecule has 0 radical (unpaired) electrons. The number of aromatic amines is 1. The Bertz CT molecular complexity index is 663. The maximum atomic E-state index is 5.91. The molecular formula is C11H10ClN5S. The minimum absolute atomic E-state index is 0.0972. The van der Waals surface area contributed by atoms with E-state index >= 15 is 0 Å². The summed E-state index contributed by atoms with van der Waals surface area (Å²) in [6, 6.07) is 2.03. The fourth-order valence-electron chi connectivity index (χ4n) is 1.72. The Labute approximate surface area is 112 Å². The third-order valence-electron chi connectivity index (χ3n) is 2.65. The third-order valence-corrected chi connectivity index (χ3v) is 3.73. The zero-order valence-corrected chi connectivity index (χ0v) is 11.1. The number of H-pyrrole nitrogens is 1. The van der Waals surface area contributed by atoms with Crippen LogP contribution in [0.25, 0.3) is 10.2 Å². The van der Waals surface area contributed by atoms with Crippen molar-refractivity contribution in [3.8, 4) is 0 Å². The van der Waals surface area contributed by atoms with Gasteiger partial charge in [-0.1, -0.05) is 0 Å². The van der Waals surface area contributed by atoms with Crippen LogP contribution >= 0.6 is 22.9 Å². The lowest BCUT2D eigenvalue weighted by molar-refractivity contribution is 0.877. The van der Waals surface area contributed by atoms with Gasteiger partial charge in [0.25, 0.3) is 0 Å². The molecule has 0 spiro atoms. The van der Waals surface area contributed by atoms with E-state index in [-0.39, 0.29) is 11.3 Å². The van der Waals surface area contributed by atoms with Gasteiger partial charge in [0.1, 0.15) is 5.82 Å². The molecule has 3 heterocycles. The highest BCUT2D eigenvalue weighted by molar-refractivity contribution is 7.17. The van der Waals surface area contributed by atoms with Crippen LogP contribution < -0.4 is 5.32 Å². The van der Waals surface area contributed by atoms with Crippen LogP contribution in [0.1, 0.15) is 18.5 Å². The minimum atomic E-state index is 0.0972. The van der Waals surface area contributed by atoms with E-state index in [1.807, 2.05) is 24.6 Å². The molecule has 0 aromatic carbocycles. The van der Waals surface area contributed by atoms with Gasteiger partial charge in [-0.05, 0) is 30.0 Å². The second kappa shape index (κ2) is 4.55. The molecule has 0 aliphatic heterocycles. The fourth-order valence-corrected chi connectivity index (χ4v) is 2.68. The second-order valence-corrected chi connectivity index (χ2v) is 5.13. The highest BCUT2D eigenvalue weighted by atomic mass is 35.5. The summed E-state index contributed by atoms with van der Waals surface area (Å²) in [5.41, 5.74) is 1.93. The Kier molecular flexibility index (Phi) is 2.89. The molecule has 0 aliphatic carbocycles. The summed E-state index contributed by atoms with van der Waals surface area (Å²) in [6.45, 7) is 2.04. The van der Waals surface area contributed by atoms with Crippen LogP contribution in [0.3, 0.4) is 0 Å². The molecule has 18 heavy (non-hydrogen) atoms. The van der Waals surface area contributed by atoms with E-state index in [4.69, 9.17) is 11.6 Å². The SMILES string of the molecule is CC(Nc1nc(Cl)nc2ccsc12)c1cn[nH]c1. The Hall–Kier alpha value is -1.66.